The van der Waals surface area contributed by atoms with Crippen molar-refractivity contribution in [1.82, 2.24) is 5.32 Å². The zero-order valence-corrected chi connectivity index (χ0v) is 11.6. The van der Waals surface area contributed by atoms with E-state index in [1.807, 2.05) is 6.07 Å². The molecule has 0 bridgehead atoms. The Bertz CT molecular complexity index is 574. The minimum Gasteiger partial charge on any atom is -0.497 e. The van der Waals surface area contributed by atoms with Gasteiger partial charge in [0.25, 0.3) is 0 Å². The Hall–Kier alpha value is -1.54. The fourth-order valence-electron chi connectivity index (χ4n) is 2.42. The van der Waals surface area contributed by atoms with E-state index in [2.05, 4.69) is 42.6 Å². The van der Waals surface area contributed by atoms with Crippen LogP contribution in [-0.2, 0) is 0 Å². The molecule has 1 N–H and O–H groups in total. The van der Waals surface area contributed by atoms with Gasteiger partial charge in [-0.3, -0.25) is 0 Å². The van der Waals surface area contributed by atoms with Gasteiger partial charge in [0.15, 0.2) is 0 Å². The van der Waals surface area contributed by atoms with Crippen LogP contribution in [0.15, 0.2) is 36.4 Å². The molecule has 2 nitrogen and oxygen atoms in total. The third-order valence-corrected chi connectivity index (χ3v) is 3.93. The summed E-state index contributed by atoms with van der Waals surface area (Å²) in [5.41, 5.74) is 1.41. The van der Waals surface area contributed by atoms with Crippen LogP contribution >= 0.6 is 0 Å². The molecule has 1 saturated carbocycles. The Balaban J connectivity index is 1.79. The molecule has 19 heavy (non-hydrogen) atoms. The van der Waals surface area contributed by atoms with Gasteiger partial charge >= 0.3 is 0 Å². The lowest BCUT2D eigenvalue weighted by Gasteiger charge is -2.14. The number of fused-ring (bicyclic) bond motifs is 1. The SMILES string of the molecule is COc1ccc2cc(C(C)CNC3CC3)ccc2c1. The summed E-state index contributed by atoms with van der Waals surface area (Å²) in [5.74, 6) is 1.48. The van der Waals surface area contributed by atoms with Gasteiger partial charge in [0.05, 0.1) is 7.11 Å². The largest absolute Gasteiger partial charge is 0.497 e. The lowest BCUT2D eigenvalue weighted by molar-refractivity contribution is 0.415. The predicted molar refractivity (Wildman–Crippen MR) is 79.9 cm³/mol. The molecule has 0 amide bonds. The van der Waals surface area contributed by atoms with E-state index in [1.165, 1.54) is 29.2 Å². The van der Waals surface area contributed by atoms with Gasteiger partial charge < -0.3 is 10.1 Å². The molecule has 2 heteroatoms. The predicted octanol–water partition coefficient (Wildman–Crippen LogP) is 3.70. The summed E-state index contributed by atoms with van der Waals surface area (Å²) >= 11 is 0. The second kappa shape index (κ2) is 5.22. The maximum absolute atomic E-state index is 5.26. The number of nitrogens with one attached hydrogen (secondary N) is 1. The number of hydrogen-bond donors (Lipinski definition) is 1. The summed E-state index contributed by atoms with van der Waals surface area (Å²) in [4.78, 5) is 0. The highest BCUT2D eigenvalue weighted by Crippen LogP contribution is 2.26. The van der Waals surface area contributed by atoms with Gasteiger partial charge in [-0.1, -0.05) is 31.2 Å². The third-order valence-electron chi connectivity index (χ3n) is 3.93. The highest BCUT2D eigenvalue weighted by atomic mass is 16.5. The first-order valence-corrected chi connectivity index (χ1v) is 7.07. The first-order valence-electron chi connectivity index (χ1n) is 7.07. The number of benzene rings is 2. The summed E-state index contributed by atoms with van der Waals surface area (Å²) in [6.45, 7) is 3.37. The Morgan fingerprint density at radius 3 is 2.63 bits per heavy atom. The highest BCUT2D eigenvalue weighted by Gasteiger charge is 2.21. The van der Waals surface area contributed by atoms with E-state index in [0.717, 1.165) is 18.3 Å². The van der Waals surface area contributed by atoms with Crippen LogP contribution in [0.1, 0.15) is 31.2 Å². The molecule has 1 aliphatic carbocycles. The zero-order chi connectivity index (χ0) is 13.2. The Kier molecular flexibility index (Phi) is 3.43. The number of rotatable bonds is 5. The maximum Gasteiger partial charge on any atom is 0.119 e. The van der Waals surface area contributed by atoms with Crippen molar-refractivity contribution in [3.8, 4) is 5.75 Å². The van der Waals surface area contributed by atoms with Crippen molar-refractivity contribution >= 4 is 10.8 Å². The fraction of sp³-hybridized carbons (Fsp3) is 0.412. The lowest BCUT2D eigenvalue weighted by atomic mass is 9.97. The Morgan fingerprint density at radius 2 is 1.89 bits per heavy atom. The number of ether oxygens (including phenoxy) is 1. The molecule has 0 aromatic heterocycles. The van der Waals surface area contributed by atoms with Crippen LogP contribution in [0.4, 0.5) is 0 Å². The molecule has 3 rings (SSSR count). The zero-order valence-electron chi connectivity index (χ0n) is 11.6. The molecule has 1 atom stereocenters. The molecule has 0 aliphatic heterocycles. The molecule has 1 aliphatic rings. The van der Waals surface area contributed by atoms with Crippen LogP contribution in [0.5, 0.6) is 5.75 Å². The Morgan fingerprint density at radius 1 is 1.16 bits per heavy atom. The van der Waals surface area contributed by atoms with E-state index in [9.17, 15) is 0 Å². The number of methoxy groups -OCH3 is 1. The molecule has 0 radical (unpaired) electrons. The standard InChI is InChI=1S/C17H21NO/c1-12(11-18-16-6-7-16)13-3-4-15-10-17(19-2)8-5-14(15)9-13/h3-5,8-10,12,16,18H,6-7,11H2,1-2H3. The number of hydrogen-bond acceptors (Lipinski definition) is 2. The van der Waals surface area contributed by atoms with Gasteiger partial charge in [-0.15, -0.1) is 0 Å². The topological polar surface area (TPSA) is 21.3 Å². The molecular weight excluding hydrogens is 234 g/mol. The van der Waals surface area contributed by atoms with Gasteiger partial charge in [0.1, 0.15) is 5.75 Å². The van der Waals surface area contributed by atoms with Crippen molar-refractivity contribution in [2.75, 3.05) is 13.7 Å². The van der Waals surface area contributed by atoms with Crippen molar-refractivity contribution in [3.05, 3.63) is 42.0 Å². The summed E-state index contributed by atoms with van der Waals surface area (Å²) in [6.07, 6.45) is 2.70. The van der Waals surface area contributed by atoms with Crippen molar-refractivity contribution in [1.29, 1.82) is 0 Å². The molecule has 0 heterocycles. The van der Waals surface area contributed by atoms with Crippen molar-refractivity contribution in [3.63, 3.8) is 0 Å². The minimum atomic E-state index is 0.562. The van der Waals surface area contributed by atoms with Crippen LogP contribution in [0.25, 0.3) is 10.8 Å². The van der Waals surface area contributed by atoms with Gasteiger partial charge in [-0.25, -0.2) is 0 Å². The van der Waals surface area contributed by atoms with Crippen molar-refractivity contribution in [2.24, 2.45) is 0 Å². The van der Waals surface area contributed by atoms with Crippen molar-refractivity contribution in [2.45, 2.75) is 31.7 Å². The van der Waals surface area contributed by atoms with E-state index in [1.54, 1.807) is 7.11 Å². The molecule has 100 valence electrons. The van der Waals surface area contributed by atoms with E-state index in [0.29, 0.717) is 5.92 Å². The van der Waals surface area contributed by atoms with E-state index < -0.39 is 0 Å². The molecular formula is C17H21NO. The smallest absolute Gasteiger partial charge is 0.119 e. The summed E-state index contributed by atoms with van der Waals surface area (Å²) in [5, 5.41) is 6.13. The molecule has 2 aromatic rings. The maximum atomic E-state index is 5.26. The molecule has 0 spiro atoms. The first kappa shape index (κ1) is 12.5. The van der Waals surface area contributed by atoms with Crippen LogP contribution in [0, 0.1) is 0 Å². The second-order valence-electron chi connectivity index (χ2n) is 5.56. The van der Waals surface area contributed by atoms with Gasteiger partial charge in [0, 0.05) is 12.6 Å². The second-order valence-corrected chi connectivity index (χ2v) is 5.56. The van der Waals surface area contributed by atoms with E-state index in [-0.39, 0.29) is 0 Å². The third kappa shape index (κ3) is 2.90. The van der Waals surface area contributed by atoms with E-state index in [4.69, 9.17) is 4.74 Å². The first-order chi connectivity index (χ1) is 9.26. The van der Waals surface area contributed by atoms with Crippen LogP contribution in [0.3, 0.4) is 0 Å². The average Bonchev–Trinajstić information content (AvgIpc) is 3.27. The molecule has 2 aromatic carbocycles. The van der Waals surface area contributed by atoms with Gasteiger partial charge in [0.2, 0.25) is 0 Å². The van der Waals surface area contributed by atoms with Gasteiger partial charge in [-0.05, 0) is 47.2 Å². The Labute approximate surface area is 114 Å². The molecule has 1 unspecified atom stereocenters. The normalized spacial score (nSPS) is 16.5. The molecule has 1 fully saturated rings. The van der Waals surface area contributed by atoms with Crippen LogP contribution in [0.2, 0.25) is 0 Å². The van der Waals surface area contributed by atoms with Crippen LogP contribution < -0.4 is 10.1 Å². The van der Waals surface area contributed by atoms with Crippen LogP contribution in [-0.4, -0.2) is 19.7 Å². The van der Waals surface area contributed by atoms with E-state index >= 15 is 0 Å². The quantitative estimate of drug-likeness (QED) is 0.879. The summed E-state index contributed by atoms with van der Waals surface area (Å²) < 4.78 is 5.26. The lowest BCUT2D eigenvalue weighted by Crippen LogP contribution is -2.21. The monoisotopic (exact) mass is 255 g/mol. The minimum absolute atomic E-state index is 0.562. The fourth-order valence-corrected chi connectivity index (χ4v) is 2.42. The van der Waals surface area contributed by atoms with Crippen molar-refractivity contribution < 1.29 is 4.74 Å². The molecule has 0 saturated heterocycles. The summed E-state index contributed by atoms with van der Waals surface area (Å²) in [6, 6.07) is 13.8. The summed E-state index contributed by atoms with van der Waals surface area (Å²) in [7, 11) is 1.71. The average molecular weight is 255 g/mol. The van der Waals surface area contributed by atoms with Gasteiger partial charge in [-0.2, -0.15) is 0 Å². The highest BCUT2D eigenvalue weighted by molar-refractivity contribution is 5.84.